The number of pyridine rings is 1. The molecule has 0 bridgehead atoms. The molecule has 24 heavy (non-hydrogen) atoms. The molecule has 0 atom stereocenters. The molecule has 1 saturated heterocycles. The minimum Gasteiger partial charge on any atom is -0.477 e. The van der Waals surface area contributed by atoms with Crippen molar-refractivity contribution < 1.29 is 14.0 Å². The van der Waals surface area contributed by atoms with Crippen molar-refractivity contribution in [2.75, 3.05) is 6.61 Å². The number of benzene rings is 1. The first-order chi connectivity index (χ1) is 11.4. The molecule has 0 amide bonds. The number of nitrogens with zero attached hydrogens (tertiary/aromatic N) is 1. The maximum absolute atomic E-state index is 6.07. The normalized spacial score (nSPS) is 18.6. The van der Waals surface area contributed by atoms with Gasteiger partial charge in [-0.25, -0.2) is 4.98 Å². The van der Waals surface area contributed by atoms with Crippen molar-refractivity contribution in [2.45, 2.75) is 45.3 Å². The Morgan fingerprint density at radius 2 is 1.67 bits per heavy atom. The van der Waals surface area contributed by atoms with Crippen LogP contribution in [-0.2, 0) is 15.7 Å². The van der Waals surface area contributed by atoms with Gasteiger partial charge in [0.05, 0.1) is 17.8 Å². The SMILES string of the molecule is CC1(C)OB(c2ccnc(OCCc3ccccc3)c2)OC1(C)C. The van der Waals surface area contributed by atoms with Crippen LogP contribution in [0.4, 0.5) is 0 Å². The van der Waals surface area contributed by atoms with Gasteiger partial charge < -0.3 is 14.0 Å². The van der Waals surface area contributed by atoms with Crippen molar-refractivity contribution in [1.29, 1.82) is 0 Å². The van der Waals surface area contributed by atoms with Gasteiger partial charge >= 0.3 is 7.12 Å². The third kappa shape index (κ3) is 3.63. The highest BCUT2D eigenvalue weighted by atomic mass is 16.7. The molecule has 1 aromatic heterocycles. The van der Waals surface area contributed by atoms with E-state index in [0.29, 0.717) is 12.5 Å². The van der Waals surface area contributed by atoms with Gasteiger partial charge in [0.15, 0.2) is 0 Å². The summed E-state index contributed by atoms with van der Waals surface area (Å²) in [4.78, 5) is 4.28. The fourth-order valence-electron chi connectivity index (χ4n) is 2.55. The zero-order chi connectivity index (χ0) is 17.2. The number of ether oxygens (including phenoxy) is 1. The summed E-state index contributed by atoms with van der Waals surface area (Å²) in [6.45, 7) is 8.78. The van der Waals surface area contributed by atoms with Gasteiger partial charge in [0.1, 0.15) is 0 Å². The summed E-state index contributed by atoms with van der Waals surface area (Å²) >= 11 is 0. The molecule has 2 heterocycles. The van der Waals surface area contributed by atoms with Gasteiger partial charge in [-0.15, -0.1) is 0 Å². The van der Waals surface area contributed by atoms with Crippen LogP contribution in [0.2, 0.25) is 0 Å². The number of hydrogen-bond donors (Lipinski definition) is 0. The highest BCUT2D eigenvalue weighted by Crippen LogP contribution is 2.36. The maximum Gasteiger partial charge on any atom is 0.495 e. The zero-order valence-corrected chi connectivity index (χ0v) is 14.8. The topological polar surface area (TPSA) is 40.6 Å². The molecule has 1 aliphatic rings. The van der Waals surface area contributed by atoms with Crippen molar-refractivity contribution in [2.24, 2.45) is 0 Å². The fraction of sp³-hybridized carbons (Fsp3) is 0.421. The Bertz CT molecular complexity index is 672. The standard InChI is InChI=1S/C19H24BNO3/c1-18(2)19(3,4)24-20(23-18)16-10-12-21-17(14-16)22-13-11-15-8-6-5-7-9-15/h5-10,12,14H,11,13H2,1-4H3. The second kappa shape index (κ2) is 6.57. The van der Waals surface area contributed by atoms with E-state index >= 15 is 0 Å². The van der Waals surface area contributed by atoms with Gasteiger partial charge in [-0.1, -0.05) is 30.3 Å². The van der Waals surface area contributed by atoms with Crippen LogP contribution in [0, 0.1) is 0 Å². The van der Waals surface area contributed by atoms with Gasteiger partial charge in [0.2, 0.25) is 5.88 Å². The number of hydrogen-bond acceptors (Lipinski definition) is 4. The lowest BCUT2D eigenvalue weighted by molar-refractivity contribution is 0.00578. The first kappa shape index (κ1) is 17.0. The van der Waals surface area contributed by atoms with E-state index in [1.54, 1.807) is 6.20 Å². The summed E-state index contributed by atoms with van der Waals surface area (Å²) in [6.07, 6.45) is 2.58. The second-order valence-corrected chi connectivity index (χ2v) is 7.10. The summed E-state index contributed by atoms with van der Waals surface area (Å²) in [5, 5.41) is 0. The lowest BCUT2D eigenvalue weighted by atomic mass is 9.80. The summed E-state index contributed by atoms with van der Waals surface area (Å²) in [7, 11) is -0.394. The molecule has 0 unspecified atom stereocenters. The maximum atomic E-state index is 6.07. The van der Waals surface area contributed by atoms with Gasteiger partial charge in [-0.3, -0.25) is 0 Å². The van der Waals surface area contributed by atoms with Crippen LogP contribution in [0.3, 0.4) is 0 Å². The third-order valence-electron chi connectivity index (χ3n) is 4.77. The van der Waals surface area contributed by atoms with Crippen molar-refractivity contribution in [1.82, 2.24) is 4.98 Å². The lowest BCUT2D eigenvalue weighted by Crippen LogP contribution is -2.41. The van der Waals surface area contributed by atoms with Gasteiger partial charge in [-0.2, -0.15) is 0 Å². The van der Waals surface area contributed by atoms with Gasteiger partial charge in [0, 0.05) is 18.7 Å². The highest BCUT2D eigenvalue weighted by molar-refractivity contribution is 6.62. The Balaban J connectivity index is 1.63. The zero-order valence-electron chi connectivity index (χ0n) is 14.8. The van der Waals surface area contributed by atoms with Crippen molar-refractivity contribution in [3.8, 4) is 5.88 Å². The molecule has 2 aromatic rings. The average Bonchev–Trinajstić information content (AvgIpc) is 2.77. The smallest absolute Gasteiger partial charge is 0.477 e. The molecule has 0 N–H and O–H groups in total. The first-order valence-corrected chi connectivity index (χ1v) is 8.36. The first-order valence-electron chi connectivity index (χ1n) is 8.36. The Morgan fingerprint density at radius 1 is 1.00 bits per heavy atom. The third-order valence-corrected chi connectivity index (χ3v) is 4.77. The van der Waals surface area contributed by atoms with E-state index in [1.165, 1.54) is 5.56 Å². The lowest BCUT2D eigenvalue weighted by Gasteiger charge is -2.32. The molecule has 0 spiro atoms. The molecular formula is C19H24BNO3. The Morgan fingerprint density at radius 3 is 2.33 bits per heavy atom. The Kier molecular flexibility index (Phi) is 4.65. The molecule has 126 valence electrons. The van der Waals surface area contributed by atoms with Crippen LogP contribution in [0.15, 0.2) is 48.7 Å². The molecule has 1 fully saturated rings. The highest BCUT2D eigenvalue weighted by Gasteiger charge is 2.51. The molecule has 0 saturated carbocycles. The van der Waals surface area contributed by atoms with Crippen LogP contribution in [0.1, 0.15) is 33.3 Å². The van der Waals surface area contributed by atoms with E-state index in [9.17, 15) is 0 Å². The van der Waals surface area contributed by atoms with E-state index in [4.69, 9.17) is 14.0 Å². The Hall–Kier alpha value is -1.85. The van der Waals surface area contributed by atoms with E-state index in [2.05, 4.69) is 17.1 Å². The molecule has 0 radical (unpaired) electrons. The second-order valence-electron chi connectivity index (χ2n) is 7.10. The molecule has 0 aliphatic carbocycles. The van der Waals surface area contributed by atoms with Crippen LogP contribution in [0.5, 0.6) is 5.88 Å². The predicted molar refractivity (Wildman–Crippen MR) is 95.6 cm³/mol. The van der Waals surface area contributed by atoms with Gasteiger partial charge in [-0.05, 0) is 44.8 Å². The van der Waals surface area contributed by atoms with E-state index in [-0.39, 0.29) is 11.2 Å². The summed E-state index contributed by atoms with van der Waals surface area (Å²) in [5.41, 5.74) is 1.47. The van der Waals surface area contributed by atoms with Gasteiger partial charge in [0.25, 0.3) is 0 Å². The molecule has 1 aliphatic heterocycles. The number of rotatable bonds is 5. The summed E-state index contributed by atoms with van der Waals surface area (Å²) in [5.74, 6) is 0.596. The van der Waals surface area contributed by atoms with Crippen molar-refractivity contribution in [3.05, 3.63) is 54.2 Å². The van der Waals surface area contributed by atoms with Crippen LogP contribution >= 0.6 is 0 Å². The quantitative estimate of drug-likeness (QED) is 0.793. The van der Waals surface area contributed by atoms with Crippen LogP contribution in [0.25, 0.3) is 0 Å². The summed E-state index contributed by atoms with van der Waals surface area (Å²) < 4.78 is 17.9. The van der Waals surface area contributed by atoms with Crippen LogP contribution < -0.4 is 10.2 Å². The predicted octanol–water partition coefficient (Wildman–Crippen LogP) is 3.00. The van der Waals surface area contributed by atoms with E-state index < -0.39 is 7.12 Å². The Labute approximate surface area is 144 Å². The van der Waals surface area contributed by atoms with E-state index in [1.807, 2.05) is 58.0 Å². The average molecular weight is 325 g/mol. The minimum atomic E-state index is -0.394. The molecule has 5 heteroatoms. The minimum absolute atomic E-state index is 0.352. The van der Waals surface area contributed by atoms with E-state index in [0.717, 1.165) is 11.9 Å². The van der Waals surface area contributed by atoms with Crippen molar-refractivity contribution >= 4 is 12.6 Å². The monoisotopic (exact) mass is 325 g/mol. The fourth-order valence-corrected chi connectivity index (χ4v) is 2.55. The number of aromatic nitrogens is 1. The molecule has 4 nitrogen and oxygen atoms in total. The van der Waals surface area contributed by atoms with Crippen molar-refractivity contribution in [3.63, 3.8) is 0 Å². The molecule has 3 rings (SSSR count). The summed E-state index contributed by atoms with van der Waals surface area (Å²) in [6, 6.07) is 14.1. The molecule has 1 aromatic carbocycles. The van der Waals surface area contributed by atoms with Crippen LogP contribution in [-0.4, -0.2) is 29.9 Å². The largest absolute Gasteiger partial charge is 0.495 e. The molecular weight excluding hydrogens is 301 g/mol.